The van der Waals surface area contributed by atoms with Gasteiger partial charge in [0.1, 0.15) is 0 Å². The van der Waals surface area contributed by atoms with Crippen LogP contribution in [0.1, 0.15) is 13.8 Å². The Hall–Kier alpha value is 1.50. The van der Waals surface area contributed by atoms with Gasteiger partial charge in [0.2, 0.25) is 0 Å². The van der Waals surface area contributed by atoms with E-state index in [-0.39, 0.29) is 0 Å². The van der Waals surface area contributed by atoms with Gasteiger partial charge in [0.25, 0.3) is 0 Å². The monoisotopic (exact) mass is 280 g/mol. The van der Waals surface area contributed by atoms with E-state index in [4.69, 9.17) is 12.7 Å². The Balaban J connectivity index is 4.05. The standard InChI is InChI=1S/C5H16O3S4Si/c1-4-6-13(3,7-5-2)8-12(10)11-9/h9-10,12H,4-5H2,1-3H3. The van der Waals surface area contributed by atoms with Crippen LogP contribution in [-0.2, 0) is 12.7 Å². The van der Waals surface area contributed by atoms with E-state index in [0.717, 1.165) is 0 Å². The molecule has 0 amide bonds. The molecule has 0 aromatic heterocycles. The van der Waals surface area contributed by atoms with Gasteiger partial charge in [-0.25, -0.2) is 0 Å². The maximum absolute atomic E-state index is 5.58. The normalized spacial score (nSPS) is 15.9. The number of hydrogen-bond acceptors (Lipinski definition) is 6. The lowest BCUT2D eigenvalue weighted by molar-refractivity contribution is 0.133. The molecule has 0 saturated carbocycles. The summed E-state index contributed by atoms with van der Waals surface area (Å²) in [6.07, 6.45) is 0. The third-order valence-corrected chi connectivity index (χ3v) is 9.90. The zero-order valence-electron chi connectivity index (χ0n) is 7.89. The Morgan fingerprint density at radius 2 is 1.77 bits per heavy atom. The molecule has 0 aliphatic carbocycles. The summed E-state index contributed by atoms with van der Waals surface area (Å²) >= 11 is 8.23. The minimum atomic E-state index is -2.45. The van der Waals surface area contributed by atoms with Crippen LogP contribution >= 0.6 is 42.4 Å². The van der Waals surface area contributed by atoms with E-state index in [1.807, 2.05) is 20.4 Å². The fourth-order valence-electron chi connectivity index (χ4n) is 0.777. The molecule has 0 bridgehead atoms. The fourth-order valence-corrected chi connectivity index (χ4v) is 7.35. The molecular weight excluding hydrogens is 264 g/mol. The molecule has 8 heteroatoms. The molecule has 0 rings (SSSR count). The van der Waals surface area contributed by atoms with E-state index < -0.39 is 18.0 Å². The molecule has 13 heavy (non-hydrogen) atoms. The van der Waals surface area contributed by atoms with E-state index in [1.165, 1.54) is 9.83 Å². The smallest absolute Gasteiger partial charge is 0.373 e. The summed E-state index contributed by atoms with van der Waals surface area (Å²) in [5.41, 5.74) is 0. The van der Waals surface area contributed by atoms with Gasteiger partial charge in [0.15, 0.2) is 0 Å². The van der Waals surface area contributed by atoms with Crippen LogP contribution < -0.4 is 0 Å². The van der Waals surface area contributed by atoms with Crippen LogP contribution in [0.4, 0.5) is 0 Å². The van der Waals surface area contributed by atoms with Crippen LogP contribution in [0, 0.1) is 0 Å². The molecule has 0 fully saturated rings. The third kappa shape index (κ3) is 6.56. The van der Waals surface area contributed by atoms with E-state index in [1.54, 1.807) is 0 Å². The van der Waals surface area contributed by atoms with Gasteiger partial charge in [-0.1, -0.05) is 23.3 Å². The maximum Gasteiger partial charge on any atom is 0.508 e. The molecule has 0 heterocycles. The highest BCUT2D eigenvalue weighted by Gasteiger charge is 2.36. The largest absolute Gasteiger partial charge is 0.508 e. The third-order valence-electron chi connectivity index (χ3n) is 1.13. The quantitative estimate of drug-likeness (QED) is 0.380. The van der Waals surface area contributed by atoms with Crippen molar-refractivity contribution in [1.29, 1.82) is 0 Å². The van der Waals surface area contributed by atoms with Crippen molar-refractivity contribution in [2.24, 2.45) is 0 Å². The average molecular weight is 281 g/mol. The molecule has 0 saturated heterocycles. The van der Waals surface area contributed by atoms with Crippen molar-refractivity contribution in [3.8, 4) is 0 Å². The maximum atomic E-state index is 5.58. The molecule has 0 aliphatic heterocycles. The van der Waals surface area contributed by atoms with Gasteiger partial charge >= 0.3 is 8.80 Å². The van der Waals surface area contributed by atoms with Gasteiger partial charge in [0, 0.05) is 19.8 Å². The lowest BCUT2D eigenvalue weighted by Gasteiger charge is -2.27. The zero-order chi connectivity index (χ0) is 10.3. The molecule has 0 N–H and O–H groups in total. The summed E-state index contributed by atoms with van der Waals surface area (Å²) in [5.74, 6) is 0. The van der Waals surface area contributed by atoms with Crippen molar-refractivity contribution < 1.29 is 12.7 Å². The molecule has 0 aromatic carbocycles. The van der Waals surface area contributed by atoms with Crippen molar-refractivity contribution in [3.63, 3.8) is 0 Å². The zero-order valence-corrected chi connectivity index (χ0v) is 12.4. The van der Waals surface area contributed by atoms with Gasteiger partial charge in [-0.2, -0.15) is 0 Å². The Labute approximate surface area is 97.2 Å². The van der Waals surface area contributed by atoms with Gasteiger partial charge in [-0.3, -0.25) is 0 Å². The predicted octanol–water partition coefficient (Wildman–Crippen LogP) is 2.90. The van der Waals surface area contributed by atoms with Crippen LogP contribution in [0.5, 0.6) is 0 Å². The molecule has 0 spiro atoms. The highest BCUT2D eigenvalue weighted by molar-refractivity contribution is 9.26. The summed E-state index contributed by atoms with van der Waals surface area (Å²) < 4.78 is 16.5. The minimum absolute atomic E-state index is 0.594. The summed E-state index contributed by atoms with van der Waals surface area (Å²) in [5, 5.41) is 0. The number of hydrogen-bond donors (Lipinski definition) is 3. The second-order valence-corrected chi connectivity index (χ2v) is 10.7. The first-order chi connectivity index (χ1) is 6.08. The Morgan fingerprint density at radius 1 is 1.31 bits per heavy atom. The van der Waals surface area contributed by atoms with Crippen molar-refractivity contribution >= 4 is 51.2 Å². The molecule has 0 aromatic rings. The highest BCUT2D eigenvalue weighted by atomic mass is 33.7. The second kappa shape index (κ2) is 7.75. The van der Waals surface area contributed by atoms with Crippen LogP contribution in [0.25, 0.3) is 0 Å². The Morgan fingerprint density at radius 3 is 2.08 bits per heavy atom. The van der Waals surface area contributed by atoms with Crippen LogP contribution in [-0.4, -0.2) is 22.0 Å². The number of rotatable bonds is 7. The van der Waals surface area contributed by atoms with Crippen molar-refractivity contribution in [2.45, 2.75) is 20.4 Å². The summed E-state index contributed by atoms with van der Waals surface area (Å²) in [6, 6.07) is 0. The van der Waals surface area contributed by atoms with E-state index in [0.29, 0.717) is 13.2 Å². The summed E-state index contributed by atoms with van der Waals surface area (Å²) in [7, 11) is -2.07. The minimum Gasteiger partial charge on any atom is -0.373 e. The van der Waals surface area contributed by atoms with Crippen molar-refractivity contribution in [3.05, 3.63) is 0 Å². The first-order valence-electron chi connectivity index (χ1n) is 3.85. The highest BCUT2D eigenvalue weighted by Crippen LogP contribution is 2.49. The molecular formula is C5H16O3S4Si. The lowest BCUT2D eigenvalue weighted by atomic mass is 10.9. The first kappa shape index (κ1) is 14.5. The van der Waals surface area contributed by atoms with Crippen molar-refractivity contribution in [1.82, 2.24) is 0 Å². The Bertz CT molecular complexity index is 133. The number of thiol groups is 3. The van der Waals surface area contributed by atoms with Crippen LogP contribution in [0.15, 0.2) is 0 Å². The van der Waals surface area contributed by atoms with E-state index in [2.05, 4.69) is 23.3 Å². The molecule has 82 valence electrons. The predicted molar refractivity (Wildman–Crippen MR) is 70.5 cm³/mol. The van der Waals surface area contributed by atoms with E-state index in [9.17, 15) is 0 Å². The van der Waals surface area contributed by atoms with Crippen LogP contribution in [0.2, 0.25) is 6.55 Å². The van der Waals surface area contributed by atoms with Gasteiger partial charge in [0.05, 0.1) is 0 Å². The molecule has 0 aliphatic rings. The van der Waals surface area contributed by atoms with Gasteiger partial charge < -0.3 is 12.7 Å². The SMILES string of the molecule is CCO[Si](C)(OCC)O[SH](S)SS. The molecule has 1 unspecified atom stereocenters. The summed E-state index contributed by atoms with van der Waals surface area (Å²) in [6.45, 7) is 6.90. The fraction of sp³-hybridized carbons (Fsp3) is 1.00. The summed E-state index contributed by atoms with van der Waals surface area (Å²) in [4.78, 5) is 0. The molecule has 0 radical (unpaired) electrons. The van der Waals surface area contributed by atoms with Crippen LogP contribution in [0.3, 0.4) is 0 Å². The van der Waals surface area contributed by atoms with Gasteiger partial charge in [-0.15, -0.1) is 0 Å². The van der Waals surface area contributed by atoms with Crippen molar-refractivity contribution in [2.75, 3.05) is 13.2 Å². The topological polar surface area (TPSA) is 27.7 Å². The molecule has 3 nitrogen and oxygen atoms in total. The first-order valence-corrected chi connectivity index (χ1v) is 11.0. The van der Waals surface area contributed by atoms with E-state index >= 15 is 0 Å². The average Bonchev–Trinajstić information content (AvgIpc) is 2.04. The molecule has 1 atom stereocenters. The second-order valence-electron chi connectivity index (χ2n) is 2.14. The Kier molecular flexibility index (Phi) is 8.64. The lowest BCUT2D eigenvalue weighted by Crippen LogP contribution is -2.40. The van der Waals surface area contributed by atoms with Gasteiger partial charge in [-0.05, 0) is 32.9 Å².